The highest BCUT2D eigenvalue weighted by Gasteiger charge is 2.28. The molecule has 2 N–H and O–H groups in total. The number of anilines is 1. The number of amides is 1. The van der Waals surface area contributed by atoms with Crippen LogP contribution in [0.1, 0.15) is 24.2 Å². The Balaban J connectivity index is 1.97. The molecule has 0 aliphatic carbocycles. The highest BCUT2D eigenvalue weighted by molar-refractivity contribution is 7.89. The van der Waals surface area contributed by atoms with Gasteiger partial charge in [-0.15, -0.1) is 0 Å². The van der Waals surface area contributed by atoms with E-state index in [9.17, 15) is 13.2 Å². The summed E-state index contributed by atoms with van der Waals surface area (Å²) in [5.74, 6) is -0.0643. The third-order valence-corrected chi connectivity index (χ3v) is 5.61. The molecule has 1 aromatic rings. The minimum absolute atomic E-state index is 0.00780. The maximum absolute atomic E-state index is 12.3. The molecule has 0 atom stereocenters. The molecule has 1 fully saturated rings. The van der Waals surface area contributed by atoms with E-state index in [1.165, 1.54) is 4.31 Å². The summed E-state index contributed by atoms with van der Waals surface area (Å²) in [7, 11) is -3.34. The van der Waals surface area contributed by atoms with Gasteiger partial charge < -0.3 is 15.4 Å². The van der Waals surface area contributed by atoms with Crippen LogP contribution in [-0.4, -0.2) is 68.3 Å². The Morgan fingerprint density at radius 1 is 1.33 bits per heavy atom. The zero-order valence-corrected chi connectivity index (χ0v) is 14.8. The minimum atomic E-state index is -3.34. The first-order valence-corrected chi connectivity index (χ1v) is 9.51. The number of hydrogen-bond donors (Lipinski definition) is 1. The van der Waals surface area contributed by atoms with E-state index in [0.717, 1.165) is 0 Å². The van der Waals surface area contributed by atoms with Crippen LogP contribution in [0, 0.1) is 0 Å². The van der Waals surface area contributed by atoms with Crippen LogP contribution >= 0.6 is 0 Å². The van der Waals surface area contributed by atoms with Crippen LogP contribution in [-0.2, 0) is 14.8 Å². The number of piperazine rings is 1. The SMILES string of the molecule is CC(C)OCCS(=O)(=O)N1CCN(c2ncccc2C(N)=O)CC1. The normalized spacial score (nSPS) is 16.5. The maximum Gasteiger partial charge on any atom is 0.252 e. The van der Waals surface area contributed by atoms with E-state index in [-0.39, 0.29) is 18.5 Å². The van der Waals surface area contributed by atoms with Crippen molar-refractivity contribution in [2.45, 2.75) is 20.0 Å². The number of sulfonamides is 1. The molecule has 0 bridgehead atoms. The molecular weight excluding hydrogens is 332 g/mol. The topological polar surface area (TPSA) is 106 Å². The summed E-state index contributed by atoms with van der Waals surface area (Å²) in [5.41, 5.74) is 5.72. The Labute approximate surface area is 142 Å². The lowest BCUT2D eigenvalue weighted by Crippen LogP contribution is -2.50. The van der Waals surface area contributed by atoms with E-state index in [2.05, 4.69) is 4.98 Å². The molecule has 24 heavy (non-hydrogen) atoms. The fraction of sp³-hybridized carbons (Fsp3) is 0.600. The van der Waals surface area contributed by atoms with Crippen molar-refractivity contribution in [2.24, 2.45) is 5.73 Å². The van der Waals surface area contributed by atoms with Crippen LogP contribution in [0.4, 0.5) is 5.82 Å². The highest BCUT2D eigenvalue weighted by atomic mass is 32.2. The lowest BCUT2D eigenvalue weighted by atomic mass is 10.2. The molecule has 0 spiro atoms. The first-order chi connectivity index (χ1) is 11.3. The molecule has 9 heteroatoms. The van der Waals surface area contributed by atoms with Crippen LogP contribution < -0.4 is 10.6 Å². The van der Waals surface area contributed by atoms with Gasteiger partial charge in [-0.05, 0) is 26.0 Å². The van der Waals surface area contributed by atoms with Gasteiger partial charge in [-0.25, -0.2) is 13.4 Å². The summed E-state index contributed by atoms with van der Waals surface area (Å²) in [6.45, 7) is 5.54. The third-order valence-electron chi connectivity index (χ3n) is 3.78. The smallest absolute Gasteiger partial charge is 0.252 e. The number of nitrogens with zero attached hydrogens (tertiary/aromatic N) is 3. The molecule has 2 rings (SSSR count). The first kappa shape index (κ1) is 18.6. The molecule has 1 amide bonds. The van der Waals surface area contributed by atoms with Gasteiger partial charge in [0.2, 0.25) is 10.0 Å². The molecule has 0 unspecified atom stereocenters. The zero-order chi connectivity index (χ0) is 17.7. The summed E-state index contributed by atoms with van der Waals surface area (Å²) < 4.78 is 31.4. The number of hydrogen-bond acceptors (Lipinski definition) is 6. The number of carbonyl (C=O) groups is 1. The Hall–Kier alpha value is -1.71. The van der Waals surface area contributed by atoms with Crippen LogP contribution in [0.25, 0.3) is 0 Å². The van der Waals surface area contributed by atoms with Crippen molar-refractivity contribution < 1.29 is 17.9 Å². The van der Waals surface area contributed by atoms with Gasteiger partial charge in [0.25, 0.3) is 5.91 Å². The van der Waals surface area contributed by atoms with Gasteiger partial charge in [0.05, 0.1) is 24.0 Å². The van der Waals surface area contributed by atoms with Gasteiger partial charge in [0, 0.05) is 32.4 Å². The molecule has 1 aliphatic rings. The molecular formula is C15H24N4O4S. The molecule has 1 saturated heterocycles. The Kier molecular flexibility index (Phi) is 6.14. The van der Waals surface area contributed by atoms with Gasteiger partial charge in [0.15, 0.2) is 0 Å². The number of nitrogens with two attached hydrogens (primary N) is 1. The summed E-state index contributed by atoms with van der Waals surface area (Å²) in [6, 6.07) is 3.27. The van der Waals surface area contributed by atoms with Gasteiger partial charge in [-0.3, -0.25) is 4.79 Å². The molecule has 134 valence electrons. The molecule has 1 aromatic heterocycles. The number of ether oxygens (including phenoxy) is 1. The molecule has 1 aliphatic heterocycles. The van der Waals surface area contributed by atoms with E-state index in [1.54, 1.807) is 18.3 Å². The van der Waals surface area contributed by atoms with E-state index >= 15 is 0 Å². The molecule has 0 saturated carbocycles. The zero-order valence-electron chi connectivity index (χ0n) is 14.0. The second-order valence-corrected chi connectivity index (χ2v) is 7.95. The Bertz CT molecular complexity index is 670. The molecule has 0 aromatic carbocycles. The van der Waals surface area contributed by atoms with Crippen LogP contribution in [0.5, 0.6) is 0 Å². The maximum atomic E-state index is 12.3. The summed E-state index contributed by atoms with van der Waals surface area (Å²) in [4.78, 5) is 17.6. The summed E-state index contributed by atoms with van der Waals surface area (Å²) in [5, 5.41) is 0. The van der Waals surface area contributed by atoms with Crippen LogP contribution in [0.3, 0.4) is 0 Å². The number of rotatable bonds is 7. The quantitative estimate of drug-likeness (QED) is 0.740. The standard InChI is InChI=1S/C15H24N4O4S/c1-12(2)23-10-11-24(21,22)19-8-6-18(7-9-19)15-13(14(16)20)4-3-5-17-15/h3-5,12H,6-11H2,1-2H3,(H2,16,20). The van der Waals surface area contributed by atoms with Crippen molar-refractivity contribution in [2.75, 3.05) is 43.4 Å². The number of aromatic nitrogens is 1. The summed E-state index contributed by atoms with van der Waals surface area (Å²) >= 11 is 0. The average Bonchev–Trinajstić information content (AvgIpc) is 2.54. The second-order valence-electron chi connectivity index (χ2n) is 5.86. The first-order valence-electron chi connectivity index (χ1n) is 7.90. The van der Waals surface area contributed by atoms with Crippen molar-refractivity contribution in [3.8, 4) is 0 Å². The predicted octanol–water partition coefficient (Wildman–Crippen LogP) is 0.0573. The van der Waals surface area contributed by atoms with Gasteiger partial charge in [0.1, 0.15) is 5.82 Å². The lowest BCUT2D eigenvalue weighted by Gasteiger charge is -2.35. The average molecular weight is 356 g/mol. The summed E-state index contributed by atoms with van der Waals surface area (Å²) in [6.07, 6.45) is 1.60. The van der Waals surface area contributed by atoms with Gasteiger partial charge >= 0.3 is 0 Å². The Morgan fingerprint density at radius 2 is 2.00 bits per heavy atom. The molecule has 0 radical (unpaired) electrons. The monoisotopic (exact) mass is 356 g/mol. The second kappa shape index (κ2) is 7.91. The van der Waals surface area contributed by atoms with E-state index in [4.69, 9.17) is 10.5 Å². The van der Waals surface area contributed by atoms with Crippen molar-refractivity contribution >= 4 is 21.7 Å². The number of primary amides is 1. The van der Waals surface area contributed by atoms with Gasteiger partial charge in [-0.2, -0.15) is 4.31 Å². The molecule has 8 nitrogen and oxygen atoms in total. The number of pyridine rings is 1. The highest BCUT2D eigenvalue weighted by Crippen LogP contribution is 2.19. The van der Waals surface area contributed by atoms with E-state index in [0.29, 0.717) is 37.6 Å². The third kappa shape index (κ3) is 4.65. The Morgan fingerprint density at radius 3 is 2.58 bits per heavy atom. The van der Waals surface area contributed by atoms with Crippen molar-refractivity contribution in [1.29, 1.82) is 0 Å². The van der Waals surface area contributed by atoms with E-state index in [1.807, 2.05) is 18.7 Å². The van der Waals surface area contributed by atoms with Crippen molar-refractivity contribution in [3.63, 3.8) is 0 Å². The minimum Gasteiger partial charge on any atom is -0.378 e. The largest absolute Gasteiger partial charge is 0.378 e. The van der Waals surface area contributed by atoms with Crippen LogP contribution in [0.15, 0.2) is 18.3 Å². The predicted molar refractivity (Wildman–Crippen MR) is 91.4 cm³/mol. The fourth-order valence-corrected chi connectivity index (χ4v) is 3.82. The lowest BCUT2D eigenvalue weighted by molar-refractivity contribution is 0.0906. The van der Waals surface area contributed by atoms with Crippen molar-refractivity contribution in [3.05, 3.63) is 23.9 Å². The fourth-order valence-electron chi connectivity index (χ4n) is 2.54. The van der Waals surface area contributed by atoms with Gasteiger partial charge in [-0.1, -0.05) is 0 Å². The van der Waals surface area contributed by atoms with Crippen LogP contribution in [0.2, 0.25) is 0 Å². The molecule has 2 heterocycles. The van der Waals surface area contributed by atoms with E-state index < -0.39 is 15.9 Å². The number of carbonyl (C=O) groups excluding carboxylic acids is 1. The van der Waals surface area contributed by atoms with Crippen molar-refractivity contribution in [1.82, 2.24) is 9.29 Å².